The summed E-state index contributed by atoms with van der Waals surface area (Å²) in [6.45, 7) is 0. The second-order valence-electron chi connectivity index (χ2n) is 4.78. The summed E-state index contributed by atoms with van der Waals surface area (Å²) in [5.41, 5.74) is 0.519. The molecule has 0 bridgehead atoms. The third-order valence-electron chi connectivity index (χ3n) is 3.55. The maximum atomic E-state index is 12.3. The molecule has 0 saturated heterocycles. The van der Waals surface area contributed by atoms with Crippen LogP contribution in [0.5, 0.6) is 5.75 Å². The number of carbonyl (C=O) groups is 1. The van der Waals surface area contributed by atoms with Crippen LogP contribution in [-0.4, -0.2) is 23.9 Å². The summed E-state index contributed by atoms with van der Waals surface area (Å²) in [5.74, 6) is 0.575. The van der Waals surface area contributed by atoms with Gasteiger partial charge >= 0.3 is 0 Å². The number of rotatable bonds is 4. The molecule has 98 valence electrons. The van der Waals surface area contributed by atoms with Crippen molar-refractivity contribution in [3.63, 3.8) is 0 Å². The molecule has 0 heterocycles. The van der Waals surface area contributed by atoms with Gasteiger partial charge in [0, 0.05) is 5.33 Å². The van der Waals surface area contributed by atoms with E-state index in [0.717, 1.165) is 18.2 Å². The number of nitrogens with one attached hydrogen (secondary N) is 1. The smallest absolute Gasteiger partial charge is 0.255 e. The highest BCUT2D eigenvalue weighted by atomic mass is 79.9. The number of halogens is 1. The molecule has 1 amide bonds. The molecule has 0 atom stereocenters. The molecule has 18 heavy (non-hydrogen) atoms. The summed E-state index contributed by atoms with van der Waals surface area (Å²) in [5, 5.41) is 3.97. The molecule has 0 aliphatic heterocycles. The number of hydrogen-bond donors (Lipinski definition) is 1. The van der Waals surface area contributed by atoms with Gasteiger partial charge in [-0.1, -0.05) is 40.9 Å². The standard InChI is InChI=1S/C14H18BrNO2/c1-18-12-7-3-2-6-11(12)13(17)16-14(10-15)8-4-5-9-14/h2-3,6-7H,4-5,8-10H2,1H3,(H,16,17). The maximum absolute atomic E-state index is 12.3. The van der Waals surface area contributed by atoms with E-state index in [0.29, 0.717) is 11.3 Å². The van der Waals surface area contributed by atoms with Crippen LogP contribution in [0.4, 0.5) is 0 Å². The Morgan fingerprint density at radius 2 is 2.06 bits per heavy atom. The molecular formula is C14H18BrNO2. The zero-order valence-corrected chi connectivity index (χ0v) is 12.1. The van der Waals surface area contributed by atoms with Crippen molar-refractivity contribution in [2.75, 3.05) is 12.4 Å². The fourth-order valence-electron chi connectivity index (χ4n) is 2.48. The Labute approximate surface area is 116 Å². The lowest BCUT2D eigenvalue weighted by Crippen LogP contribution is -2.47. The van der Waals surface area contributed by atoms with Gasteiger partial charge in [0.05, 0.1) is 18.2 Å². The van der Waals surface area contributed by atoms with Crippen LogP contribution in [0.2, 0.25) is 0 Å². The first kappa shape index (κ1) is 13.4. The molecule has 3 nitrogen and oxygen atoms in total. The van der Waals surface area contributed by atoms with Crippen molar-refractivity contribution in [3.8, 4) is 5.75 Å². The van der Waals surface area contributed by atoms with Crippen molar-refractivity contribution in [1.29, 1.82) is 0 Å². The van der Waals surface area contributed by atoms with Crippen molar-refractivity contribution in [3.05, 3.63) is 29.8 Å². The normalized spacial score (nSPS) is 17.4. The number of para-hydroxylation sites is 1. The van der Waals surface area contributed by atoms with E-state index in [1.165, 1.54) is 12.8 Å². The summed E-state index contributed by atoms with van der Waals surface area (Å²) in [6.07, 6.45) is 4.44. The van der Waals surface area contributed by atoms with Gasteiger partial charge in [0.25, 0.3) is 5.91 Å². The summed E-state index contributed by atoms with van der Waals surface area (Å²) >= 11 is 3.52. The van der Waals surface area contributed by atoms with Crippen molar-refractivity contribution in [2.24, 2.45) is 0 Å². The molecule has 1 aliphatic rings. The Morgan fingerprint density at radius 3 is 2.67 bits per heavy atom. The second kappa shape index (κ2) is 5.74. The van der Waals surface area contributed by atoms with Crippen molar-refractivity contribution >= 4 is 21.8 Å². The van der Waals surface area contributed by atoms with E-state index in [9.17, 15) is 4.79 Å². The molecule has 1 aromatic rings. The SMILES string of the molecule is COc1ccccc1C(=O)NC1(CBr)CCCC1. The highest BCUT2D eigenvalue weighted by Gasteiger charge is 2.34. The van der Waals surface area contributed by atoms with Crippen molar-refractivity contribution in [1.82, 2.24) is 5.32 Å². The van der Waals surface area contributed by atoms with Crippen LogP contribution in [0.25, 0.3) is 0 Å². The largest absolute Gasteiger partial charge is 0.496 e. The number of amides is 1. The van der Waals surface area contributed by atoms with E-state index in [2.05, 4.69) is 21.2 Å². The first-order valence-electron chi connectivity index (χ1n) is 6.22. The second-order valence-corrected chi connectivity index (χ2v) is 5.34. The Bertz CT molecular complexity index is 428. The van der Waals surface area contributed by atoms with Gasteiger partial charge in [-0.15, -0.1) is 0 Å². The Morgan fingerprint density at radius 1 is 1.39 bits per heavy atom. The molecular weight excluding hydrogens is 294 g/mol. The van der Waals surface area contributed by atoms with Crippen LogP contribution in [0, 0.1) is 0 Å². The van der Waals surface area contributed by atoms with Crippen LogP contribution >= 0.6 is 15.9 Å². The average molecular weight is 312 g/mol. The van der Waals surface area contributed by atoms with Crippen molar-refractivity contribution in [2.45, 2.75) is 31.2 Å². The fraction of sp³-hybridized carbons (Fsp3) is 0.500. The molecule has 0 unspecified atom stereocenters. The van der Waals surface area contributed by atoms with Crippen LogP contribution in [-0.2, 0) is 0 Å². The molecule has 0 radical (unpaired) electrons. The molecule has 1 aromatic carbocycles. The quantitative estimate of drug-likeness (QED) is 0.868. The molecule has 0 aromatic heterocycles. The van der Waals surface area contributed by atoms with Gasteiger partial charge < -0.3 is 10.1 Å². The van der Waals surface area contributed by atoms with E-state index < -0.39 is 0 Å². The van der Waals surface area contributed by atoms with E-state index in [1.54, 1.807) is 13.2 Å². The molecule has 2 rings (SSSR count). The first-order chi connectivity index (χ1) is 8.71. The predicted molar refractivity (Wildman–Crippen MR) is 75.5 cm³/mol. The van der Waals surface area contributed by atoms with E-state index in [1.807, 2.05) is 18.2 Å². The summed E-state index contributed by atoms with van der Waals surface area (Å²) in [4.78, 5) is 12.3. The zero-order chi connectivity index (χ0) is 13.0. The molecule has 1 N–H and O–H groups in total. The predicted octanol–water partition coefficient (Wildman–Crippen LogP) is 3.13. The number of ether oxygens (including phenoxy) is 1. The molecule has 1 aliphatic carbocycles. The number of methoxy groups -OCH3 is 1. The minimum absolute atomic E-state index is 0.0474. The third-order valence-corrected chi connectivity index (χ3v) is 4.62. The lowest BCUT2D eigenvalue weighted by molar-refractivity contribution is 0.0907. The maximum Gasteiger partial charge on any atom is 0.255 e. The van der Waals surface area contributed by atoms with Crippen LogP contribution < -0.4 is 10.1 Å². The van der Waals surface area contributed by atoms with E-state index in [4.69, 9.17) is 4.74 Å². The van der Waals surface area contributed by atoms with Gasteiger partial charge in [0.15, 0.2) is 0 Å². The lowest BCUT2D eigenvalue weighted by Gasteiger charge is -2.28. The van der Waals surface area contributed by atoms with Gasteiger partial charge in [0.2, 0.25) is 0 Å². The fourth-order valence-corrected chi connectivity index (χ4v) is 3.19. The molecule has 1 fully saturated rings. The minimum Gasteiger partial charge on any atom is -0.496 e. The third kappa shape index (κ3) is 2.69. The molecule has 1 saturated carbocycles. The summed E-state index contributed by atoms with van der Waals surface area (Å²) in [6, 6.07) is 7.33. The minimum atomic E-state index is -0.0854. The van der Waals surface area contributed by atoms with Gasteiger partial charge in [-0.05, 0) is 25.0 Å². The van der Waals surface area contributed by atoms with E-state index in [-0.39, 0.29) is 11.4 Å². The number of carbonyl (C=O) groups excluding carboxylic acids is 1. The molecule has 4 heteroatoms. The average Bonchev–Trinajstić information content (AvgIpc) is 2.87. The summed E-state index contributed by atoms with van der Waals surface area (Å²) in [7, 11) is 1.59. The Hall–Kier alpha value is -1.03. The van der Waals surface area contributed by atoms with E-state index >= 15 is 0 Å². The Kier molecular flexibility index (Phi) is 4.27. The zero-order valence-electron chi connectivity index (χ0n) is 10.5. The van der Waals surface area contributed by atoms with Gasteiger partial charge in [-0.3, -0.25) is 4.79 Å². The van der Waals surface area contributed by atoms with Gasteiger partial charge in [-0.25, -0.2) is 0 Å². The summed E-state index contributed by atoms with van der Waals surface area (Å²) < 4.78 is 5.22. The highest BCUT2D eigenvalue weighted by molar-refractivity contribution is 9.09. The van der Waals surface area contributed by atoms with Crippen molar-refractivity contribution < 1.29 is 9.53 Å². The van der Waals surface area contributed by atoms with Crippen LogP contribution in [0.15, 0.2) is 24.3 Å². The lowest BCUT2D eigenvalue weighted by atomic mass is 10.00. The highest BCUT2D eigenvalue weighted by Crippen LogP contribution is 2.32. The van der Waals surface area contributed by atoms with Gasteiger partial charge in [-0.2, -0.15) is 0 Å². The number of alkyl halides is 1. The molecule has 0 spiro atoms. The van der Waals surface area contributed by atoms with Gasteiger partial charge in [0.1, 0.15) is 5.75 Å². The topological polar surface area (TPSA) is 38.3 Å². The number of benzene rings is 1. The first-order valence-corrected chi connectivity index (χ1v) is 7.34. The monoisotopic (exact) mass is 311 g/mol. The van der Waals surface area contributed by atoms with Crippen LogP contribution in [0.1, 0.15) is 36.0 Å². The number of hydrogen-bond acceptors (Lipinski definition) is 2. The van der Waals surface area contributed by atoms with Crippen LogP contribution in [0.3, 0.4) is 0 Å². The Balaban J connectivity index is 2.16.